The van der Waals surface area contributed by atoms with Gasteiger partial charge in [0.05, 0.1) is 0 Å². The molecule has 0 spiro atoms. The lowest BCUT2D eigenvalue weighted by Gasteiger charge is -2.12. The van der Waals surface area contributed by atoms with Crippen molar-refractivity contribution < 1.29 is 0 Å². The second-order valence-electron chi connectivity index (χ2n) is 4.73. The second kappa shape index (κ2) is 5.78. The summed E-state index contributed by atoms with van der Waals surface area (Å²) < 4.78 is 0. The van der Waals surface area contributed by atoms with E-state index in [4.69, 9.17) is 5.73 Å². The van der Waals surface area contributed by atoms with Crippen LogP contribution < -0.4 is 5.73 Å². The van der Waals surface area contributed by atoms with E-state index >= 15 is 0 Å². The summed E-state index contributed by atoms with van der Waals surface area (Å²) in [5.74, 6) is 0. The van der Waals surface area contributed by atoms with Crippen LogP contribution in [0.4, 0.5) is 0 Å². The zero-order valence-electron chi connectivity index (χ0n) is 11.1. The Labute approximate surface area is 109 Å². The number of rotatable bonds is 4. The summed E-state index contributed by atoms with van der Waals surface area (Å²) in [7, 11) is 0. The topological polar surface area (TPSA) is 38.9 Å². The van der Waals surface area contributed by atoms with Crippen LogP contribution >= 0.6 is 0 Å². The first-order chi connectivity index (χ1) is 8.69. The van der Waals surface area contributed by atoms with Gasteiger partial charge in [-0.15, -0.1) is 0 Å². The molecule has 1 unspecified atom stereocenters. The number of nitrogens with two attached hydrogens (primary N) is 1. The minimum atomic E-state index is 0.0195. The molecule has 2 rings (SSSR count). The van der Waals surface area contributed by atoms with Gasteiger partial charge >= 0.3 is 0 Å². The van der Waals surface area contributed by atoms with Gasteiger partial charge in [-0.3, -0.25) is 4.98 Å². The molecule has 0 aliphatic carbocycles. The Morgan fingerprint density at radius 2 is 1.83 bits per heavy atom. The maximum absolute atomic E-state index is 6.22. The number of aryl methyl sites for hydroxylation is 2. The highest BCUT2D eigenvalue weighted by Crippen LogP contribution is 2.16. The largest absolute Gasteiger partial charge is 0.324 e. The number of aromatic nitrogens is 1. The third-order valence-electron chi connectivity index (χ3n) is 3.22. The monoisotopic (exact) mass is 240 g/mol. The molecule has 0 saturated heterocycles. The third kappa shape index (κ3) is 3.17. The molecule has 2 nitrogen and oxygen atoms in total. The maximum atomic E-state index is 6.22. The summed E-state index contributed by atoms with van der Waals surface area (Å²) in [6, 6.07) is 12.7. The lowest BCUT2D eigenvalue weighted by Crippen LogP contribution is -2.14. The molecule has 0 saturated carbocycles. The minimum Gasteiger partial charge on any atom is -0.324 e. The lowest BCUT2D eigenvalue weighted by molar-refractivity contribution is 0.706. The quantitative estimate of drug-likeness (QED) is 0.891. The van der Waals surface area contributed by atoms with Crippen molar-refractivity contribution in [2.75, 3.05) is 0 Å². The highest BCUT2D eigenvalue weighted by molar-refractivity contribution is 5.26. The maximum Gasteiger partial charge on any atom is 0.0422 e. The Kier molecular flexibility index (Phi) is 4.11. The molecule has 0 fully saturated rings. The van der Waals surface area contributed by atoms with Crippen molar-refractivity contribution >= 4 is 0 Å². The van der Waals surface area contributed by atoms with Gasteiger partial charge in [-0.05, 0) is 36.1 Å². The molecule has 94 valence electrons. The van der Waals surface area contributed by atoms with Gasteiger partial charge in [0.15, 0.2) is 0 Å². The molecule has 1 heterocycles. The molecule has 2 N–H and O–H groups in total. The van der Waals surface area contributed by atoms with Crippen LogP contribution in [0.2, 0.25) is 0 Å². The molecule has 2 aromatic rings. The fourth-order valence-electron chi connectivity index (χ4n) is 1.96. The van der Waals surface area contributed by atoms with Crippen LogP contribution in [0.3, 0.4) is 0 Å². The molecule has 0 aliphatic heterocycles. The van der Waals surface area contributed by atoms with Gasteiger partial charge in [0.1, 0.15) is 0 Å². The smallest absolute Gasteiger partial charge is 0.0422 e. The first-order valence-electron chi connectivity index (χ1n) is 6.45. The van der Waals surface area contributed by atoms with E-state index in [0.717, 1.165) is 18.5 Å². The van der Waals surface area contributed by atoms with E-state index in [1.807, 2.05) is 13.1 Å². The Bertz CT molecular complexity index is 486. The zero-order chi connectivity index (χ0) is 13.0. The van der Waals surface area contributed by atoms with Gasteiger partial charge in [0, 0.05) is 24.4 Å². The number of hydrogen-bond donors (Lipinski definition) is 1. The molecule has 0 radical (unpaired) electrons. The summed E-state index contributed by atoms with van der Waals surface area (Å²) in [6.45, 7) is 4.20. The van der Waals surface area contributed by atoms with Crippen LogP contribution in [0.5, 0.6) is 0 Å². The zero-order valence-corrected chi connectivity index (χ0v) is 11.1. The Morgan fingerprint density at radius 3 is 2.39 bits per heavy atom. The fourth-order valence-corrected chi connectivity index (χ4v) is 1.96. The predicted molar refractivity (Wildman–Crippen MR) is 75.4 cm³/mol. The van der Waals surface area contributed by atoms with Gasteiger partial charge in [-0.2, -0.15) is 0 Å². The summed E-state index contributed by atoms with van der Waals surface area (Å²) in [5.41, 5.74) is 11.0. The molecular weight excluding hydrogens is 220 g/mol. The summed E-state index contributed by atoms with van der Waals surface area (Å²) in [4.78, 5) is 4.40. The molecule has 18 heavy (non-hydrogen) atoms. The average Bonchev–Trinajstić information content (AvgIpc) is 2.41. The normalized spacial score (nSPS) is 12.4. The van der Waals surface area contributed by atoms with Crippen LogP contribution in [-0.4, -0.2) is 4.98 Å². The van der Waals surface area contributed by atoms with E-state index in [0.29, 0.717) is 0 Å². The standard InChI is InChI=1S/C16H20N2/c1-3-13-5-7-14(8-6-13)16(17)10-15-9-4-12(2)11-18-15/h4-9,11,16H,3,10,17H2,1-2H3. The van der Waals surface area contributed by atoms with Crippen molar-refractivity contribution in [3.63, 3.8) is 0 Å². The summed E-state index contributed by atoms with van der Waals surface area (Å²) in [6.07, 6.45) is 3.74. The number of pyridine rings is 1. The van der Waals surface area contributed by atoms with Crippen molar-refractivity contribution in [1.29, 1.82) is 0 Å². The predicted octanol–water partition coefficient (Wildman–Crippen LogP) is 3.19. The Balaban J connectivity index is 2.06. The van der Waals surface area contributed by atoms with Crippen LogP contribution in [0.25, 0.3) is 0 Å². The van der Waals surface area contributed by atoms with E-state index in [1.165, 1.54) is 16.7 Å². The SMILES string of the molecule is CCc1ccc(C(N)Cc2ccc(C)cn2)cc1. The van der Waals surface area contributed by atoms with Gasteiger partial charge in [-0.25, -0.2) is 0 Å². The third-order valence-corrected chi connectivity index (χ3v) is 3.22. The number of hydrogen-bond acceptors (Lipinski definition) is 2. The van der Waals surface area contributed by atoms with Gasteiger partial charge in [-0.1, -0.05) is 37.3 Å². The molecule has 0 bridgehead atoms. The van der Waals surface area contributed by atoms with Crippen LogP contribution in [-0.2, 0) is 12.8 Å². The van der Waals surface area contributed by atoms with Crippen LogP contribution in [0.1, 0.15) is 35.3 Å². The van der Waals surface area contributed by atoms with Gasteiger partial charge < -0.3 is 5.73 Å². The van der Waals surface area contributed by atoms with E-state index in [9.17, 15) is 0 Å². The highest BCUT2D eigenvalue weighted by atomic mass is 14.7. The van der Waals surface area contributed by atoms with Gasteiger partial charge in [0.2, 0.25) is 0 Å². The molecule has 1 atom stereocenters. The van der Waals surface area contributed by atoms with Crippen molar-refractivity contribution in [3.05, 3.63) is 65.0 Å². The fraction of sp³-hybridized carbons (Fsp3) is 0.312. The molecule has 2 heteroatoms. The van der Waals surface area contributed by atoms with E-state index < -0.39 is 0 Å². The molecular formula is C16H20N2. The summed E-state index contributed by atoms with van der Waals surface area (Å²) in [5, 5.41) is 0. The highest BCUT2D eigenvalue weighted by Gasteiger charge is 2.07. The van der Waals surface area contributed by atoms with E-state index in [-0.39, 0.29) is 6.04 Å². The molecule has 0 aliphatic rings. The van der Waals surface area contributed by atoms with Crippen molar-refractivity contribution in [2.24, 2.45) is 5.73 Å². The first kappa shape index (κ1) is 12.8. The Hall–Kier alpha value is -1.67. The Morgan fingerprint density at radius 1 is 1.11 bits per heavy atom. The molecule has 1 aromatic heterocycles. The van der Waals surface area contributed by atoms with Crippen molar-refractivity contribution in [3.8, 4) is 0 Å². The van der Waals surface area contributed by atoms with E-state index in [2.05, 4.69) is 48.3 Å². The molecule has 1 aromatic carbocycles. The van der Waals surface area contributed by atoms with Crippen molar-refractivity contribution in [1.82, 2.24) is 4.98 Å². The lowest BCUT2D eigenvalue weighted by atomic mass is 10.0. The average molecular weight is 240 g/mol. The van der Waals surface area contributed by atoms with E-state index in [1.54, 1.807) is 0 Å². The molecule has 0 amide bonds. The number of nitrogens with zero attached hydrogens (tertiary/aromatic N) is 1. The second-order valence-corrected chi connectivity index (χ2v) is 4.73. The van der Waals surface area contributed by atoms with Crippen LogP contribution in [0, 0.1) is 6.92 Å². The summed E-state index contributed by atoms with van der Waals surface area (Å²) >= 11 is 0. The van der Waals surface area contributed by atoms with Crippen LogP contribution in [0.15, 0.2) is 42.6 Å². The minimum absolute atomic E-state index is 0.0195. The van der Waals surface area contributed by atoms with Gasteiger partial charge in [0.25, 0.3) is 0 Å². The number of benzene rings is 1. The first-order valence-corrected chi connectivity index (χ1v) is 6.45. The van der Waals surface area contributed by atoms with Crippen molar-refractivity contribution in [2.45, 2.75) is 32.7 Å².